The van der Waals surface area contributed by atoms with Gasteiger partial charge in [-0.1, -0.05) is 30.3 Å². The SMILES string of the molecule is O=C1Nc2ccccc2/C1=C\c1ccc(F)cc1. The van der Waals surface area contributed by atoms with Gasteiger partial charge in [-0.3, -0.25) is 4.79 Å². The molecule has 0 bridgehead atoms. The average Bonchev–Trinajstić information content (AvgIpc) is 2.69. The lowest BCUT2D eigenvalue weighted by atomic mass is 10.0. The highest BCUT2D eigenvalue weighted by molar-refractivity contribution is 6.34. The Morgan fingerprint density at radius 2 is 1.72 bits per heavy atom. The molecule has 1 amide bonds. The monoisotopic (exact) mass is 239 g/mol. The number of rotatable bonds is 1. The maximum absolute atomic E-state index is 12.8. The van der Waals surface area contributed by atoms with Gasteiger partial charge >= 0.3 is 0 Å². The van der Waals surface area contributed by atoms with Crippen molar-refractivity contribution in [2.24, 2.45) is 0 Å². The molecule has 3 rings (SSSR count). The Morgan fingerprint density at radius 1 is 1.00 bits per heavy atom. The van der Waals surface area contributed by atoms with Gasteiger partial charge in [-0.15, -0.1) is 0 Å². The molecule has 1 heterocycles. The molecule has 1 aliphatic rings. The van der Waals surface area contributed by atoms with Crippen LogP contribution < -0.4 is 5.32 Å². The number of carbonyl (C=O) groups is 1. The Balaban J connectivity index is 2.07. The molecule has 2 nitrogen and oxygen atoms in total. The fourth-order valence-corrected chi connectivity index (χ4v) is 2.01. The van der Waals surface area contributed by atoms with Gasteiger partial charge in [-0.05, 0) is 29.8 Å². The van der Waals surface area contributed by atoms with E-state index in [9.17, 15) is 9.18 Å². The van der Waals surface area contributed by atoms with Crippen LogP contribution in [0.5, 0.6) is 0 Å². The van der Waals surface area contributed by atoms with Crippen molar-refractivity contribution in [2.45, 2.75) is 0 Å². The van der Waals surface area contributed by atoms with Crippen LogP contribution in [0.2, 0.25) is 0 Å². The Labute approximate surface area is 104 Å². The van der Waals surface area contributed by atoms with E-state index >= 15 is 0 Å². The molecule has 0 unspecified atom stereocenters. The molecule has 0 aromatic heterocycles. The Bertz CT molecular complexity index is 644. The quantitative estimate of drug-likeness (QED) is 0.760. The lowest BCUT2D eigenvalue weighted by Crippen LogP contribution is -2.03. The summed E-state index contributed by atoms with van der Waals surface area (Å²) in [5, 5.41) is 2.80. The van der Waals surface area contributed by atoms with Gasteiger partial charge in [0.15, 0.2) is 0 Å². The van der Waals surface area contributed by atoms with Crippen molar-refractivity contribution in [3.05, 3.63) is 65.5 Å². The highest BCUT2D eigenvalue weighted by Gasteiger charge is 2.22. The van der Waals surface area contributed by atoms with Gasteiger partial charge in [-0.25, -0.2) is 4.39 Å². The number of anilines is 1. The third-order valence-corrected chi connectivity index (χ3v) is 2.89. The number of carbonyl (C=O) groups excluding carboxylic acids is 1. The molecule has 1 aliphatic heterocycles. The average molecular weight is 239 g/mol. The predicted octanol–water partition coefficient (Wildman–Crippen LogP) is 3.32. The van der Waals surface area contributed by atoms with Gasteiger partial charge in [0.2, 0.25) is 0 Å². The van der Waals surface area contributed by atoms with Crippen LogP contribution in [0.15, 0.2) is 48.5 Å². The summed E-state index contributed by atoms with van der Waals surface area (Å²) >= 11 is 0. The molecule has 0 saturated carbocycles. The van der Waals surface area contributed by atoms with E-state index < -0.39 is 0 Å². The van der Waals surface area contributed by atoms with Crippen LogP contribution in [0.1, 0.15) is 11.1 Å². The minimum Gasteiger partial charge on any atom is -0.321 e. The molecule has 0 spiro atoms. The zero-order valence-electron chi connectivity index (χ0n) is 9.48. The van der Waals surface area contributed by atoms with Gasteiger partial charge in [0.25, 0.3) is 5.91 Å². The van der Waals surface area contributed by atoms with Crippen molar-refractivity contribution >= 4 is 23.2 Å². The topological polar surface area (TPSA) is 29.1 Å². The van der Waals surface area contributed by atoms with Crippen LogP contribution in [0.25, 0.3) is 11.6 Å². The van der Waals surface area contributed by atoms with Crippen LogP contribution in [0.4, 0.5) is 10.1 Å². The molecule has 3 heteroatoms. The van der Waals surface area contributed by atoms with Crippen LogP contribution in [-0.4, -0.2) is 5.91 Å². The van der Waals surface area contributed by atoms with Crippen molar-refractivity contribution < 1.29 is 9.18 Å². The van der Waals surface area contributed by atoms with Crippen LogP contribution >= 0.6 is 0 Å². The zero-order chi connectivity index (χ0) is 12.5. The van der Waals surface area contributed by atoms with Gasteiger partial charge in [0.1, 0.15) is 5.82 Å². The third kappa shape index (κ3) is 1.80. The molecule has 1 N–H and O–H groups in total. The van der Waals surface area contributed by atoms with Crippen LogP contribution in [0.3, 0.4) is 0 Å². The maximum atomic E-state index is 12.8. The number of fused-ring (bicyclic) bond motifs is 1. The Hall–Kier alpha value is -2.42. The molecule has 2 aromatic rings. The number of hydrogen-bond donors (Lipinski definition) is 1. The smallest absolute Gasteiger partial charge is 0.256 e. The summed E-state index contributed by atoms with van der Waals surface area (Å²) in [6.45, 7) is 0. The summed E-state index contributed by atoms with van der Waals surface area (Å²) in [5.74, 6) is -0.408. The van der Waals surface area contributed by atoms with E-state index in [-0.39, 0.29) is 11.7 Å². The summed E-state index contributed by atoms with van der Waals surface area (Å²) in [4.78, 5) is 11.8. The minimum atomic E-state index is -0.284. The molecule has 2 aromatic carbocycles. The second-order valence-corrected chi connectivity index (χ2v) is 4.11. The van der Waals surface area contributed by atoms with E-state index in [0.29, 0.717) is 5.57 Å². The summed E-state index contributed by atoms with van der Waals surface area (Å²) in [7, 11) is 0. The van der Waals surface area contributed by atoms with Gasteiger partial charge < -0.3 is 5.32 Å². The molecule has 88 valence electrons. The van der Waals surface area contributed by atoms with Gasteiger partial charge in [-0.2, -0.15) is 0 Å². The first-order chi connectivity index (χ1) is 8.74. The molecule has 0 aliphatic carbocycles. The lowest BCUT2D eigenvalue weighted by Gasteiger charge is -1.98. The number of amides is 1. The van der Waals surface area contributed by atoms with Crippen molar-refractivity contribution in [3.8, 4) is 0 Å². The van der Waals surface area contributed by atoms with Gasteiger partial charge in [0.05, 0.1) is 0 Å². The second kappa shape index (κ2) is 4.11. The number of benzene rings is 2. The summed E-state index contributed by atoms with van der Waals surface area (Å²) in [6.07, 6.45) is 1.76. The predicted molar refractivity (Wildman–Crippen MR) is 69.3 cm³/mol. The lowest BCUT2D eigenvalue weighted by molar-refractivity contribution is -0.110. The van der Waals surface area contributed by atoms with Crippen molar-refractivity contribution in [2.75, 3.05) is 5.32 Å². The Kier molecular flexibility index (Phi) is 2.45. The highest BCUT2D eigenvalue weighted by Crippen LogP contribution is 2.32. The fraction of sp³-hybridized carbons (Fsp3) is 0. The molecule has 0 saturated heterocycles. The molecule has 0 radical (unpaired) electrons. The first-order valence-corrected chi connectivity index (χ1v) is 5.62. The third-order valence-electron chi connectivity index (χ3n) is 2.89. The Morgan fingerprint density at radius 3 is 2.50 bits per heavy atom. The minimum absolute atomic E-state index is 0.125. The van der Waals surface area contributed by atoms with Crippen molar-refractivity contribution in [3.63, 3.8) is 0 Å². The second-order valence-electron chi connectivity index (χ2n) is 4.11. The van der Waals surface area contributed by atoms with Crippen LogP contribution in [0, 0.1) is 5.82 Å². The van der Waals surface area contributed by atoms with E-state index in [1.165, 1.54) is 12.1 Å². The molecule has 0 fully saturated rings. The molecular formula is C15H10FNO. The van der Waals surface area contributed by atoms with E-state index in [2.05, 4.69) is 5.32 Å². The molecular weight excluding hydrogens is 229 g/mol. The standard InChI is InChI=1S/C15H10FNO/c16-11-7-5-10(6-8-11)9-13-12-3-1-2-4-14(12)17-15(13)18/h1-9H,(H,17,18)/b13-9+. The fourth-order valence-electron chi connectivity index (χ4n) is 2.01. The van der Waals surface area contributed by atoms with Crippen molar-refractivity contribution in [1.29, 1.82) is 0 Å². The highest BCUT2D eigenvalue weighted by atomic mass is 19.1. The van der Waals surface area contributed by atoms with Gasteiger partial charge in [0, 0.05) is 16.8 Å². The van der Waals surface area contributed by atoms with Crippen molar-refractivity contribution in [1.82, 2.24) is 0 Å². The van der Waals surface area contributed by atoms with Crippen LogP contribution in [-0.2, 0) is 4.79 Å². The maximum Gasteiger partial charge on any atom is 0.256 e. The summed E-state index contributed by atoms with van der Waals surface area (Å²) in [6, 6.07) is 13.6. The molecule has 18 heavy (non-hydrogen) atoms. The number of para-hydroxylation sites is 1. The number of nitrogens with one attached hydrogen (secondary N) is 1. The first-order valence-electron chi connectivity index (χ1n) is 5.62. The summed E-state index contributed by atoms with van der Waals surface area (Å²) < 4.78 is 12.8. The van der Waals surface area contributed by atoms with E-state index in [0.717, 1.165) is 16.8 Å². The first kappa shape index (κ1) is 10.7. The number of halogens is 1. The zero-order valence-corrected chi connectivity index (χ0v) is 9.48. The normalized spacial score (nSPS) is 15.6. The number of hydrogen-bond acceptors (Lipinski definition) is 1. The van der Waals surface area contributed by atoms with E-state index in [4.69, 9.17) is 0 Å². The van der Waals surface area contributed by atoms with E-state index in [1.54, 1.807) is 18.2 Å². The van der Waals surface area contributed by atoms with E-state index in [1.807, 2.05) is 24.3 Å². The summed E-state index contributed by atoms with van der Waals surface area (Å²) in [5.41, 5.74) is 3.11. The molecule has 0 atom stereocenters. The largest absolute Gasteiger partial charge is 0.321 e.